The summed E-state index contributed by atoms with van der Waals surface area (Å²) in [6.07, 6.45) is 4.83. The molecule has 1 saturated carbocycles. The van der Waals surface area contributed by atoms with Crippen LogP contribution in [0, 0.1) is 5.41 Å². The van der Waals surface area contributed by atoms with E-state index in [0.29, 0.717) is 6.54 Å². The molecule has 1 aromatic carbocycles. The third kappa shape index (κ3) is 3.97. The molecule has 0 aromatic heterocycles. The zero-order valence-corrected chi connectivity index (χ0v) is 13.0. The van der Waals surface area contributed by atoms with Gasteiger partial charge < -0.3 is 14.7 Å². The van der Waals surface area contributed by atoms with Crippen LogP contribution in [-0.4, -0.2) is 36.7 Å². The lowest BCUT2D eigenvalue weighted by Gasteiger charge is -2.36. The fourth-order valence-corrected chi connectivity index (χ4v) is 3.28. The largest absolute Gasteiger partial charge is 0.497 e. The number of carboxylic acid groups (broad SMARTS) is 1. The van der Waals surface area contributed by atoms with Crippen LogP contribution in [0.25, 0.3) is 0 Å². The molecular formula is C17H25NO3. The topological polar surface area (TPSA) is 49.8 Å². The van der Waals surface area contributed by atoms with E-state index in [2.05, 4.69) is 4.90 Å². The number of benzene rings is 1. The van der Waals surface area contributed by atoms with Crippen LogP contribution in [-0.2, 0) is 11.3 Å². The average Bonchev–Trinajstić information content (AvgIpc) is 2.48. The number of carboxylic acids is 1. The number of hydrogen-bond donors (Lipinski definition) is 1. The monoisotopic (exact) mass is 291 g/mol. The summed E-state index contributed by atoms with van der Waals surface area (Å²) in [6, 6.07) is 7.95. The van der Waals surface area contributed by atoms with E-state index in [1.165, 1.54) is 5.56 Å². The average molecular weight is 291 g/mol. The molecular weight excluding hydrogens is 266 g/mol. The molecule has 0 bridgehead atoms. The van der Waals surface area contributed by atoms with Gasteiger partial charge in [-0.15, -0.1) is 0 Å². The number of methoxy groups -OCH3 is 1. The van der Waals surface area contributed by atoms with Gasteiger partial charge in [-0.05, 0) is 37.6 Å². The van der Waals surface area contributed by atoms with Gasteiger partial charge in [0.15, 0.2) is 0 Å². The lowest BCUT2D eigenvalue weighted by atomic mass is 9.73. The maximum absolute atomic E-state index is 11.7. The Kier molecular flexibility index (Phi) is 5.23. The van der Waals surface area contributed by atoms with E-state index in [4.69, 9.17) is 4.74 Å². The van der Waals surface area contributed by atoms with Crippen molar-refractivity contribution >= 4 is 5.97 Å². The molecule has 4 nitrogen and oxygen atoms in total. The number of rotatable bonds is 6. The molecule has 1 fully saturated rings. The van der Waals surface area contributed by atoms with Crippen LogP contribution in [0.5, 0.6) is 5.75 Å². The summed E-state index contributed by atoms with van der Waals surface area (Å²) in [4.78, 5) is 13.8. The standard InChI is InChI=1S/C17H25NO3/c1-18(12-14-6-8-15(21-2)9-7-14)13-17(16(19)20)10-4-3-5-11-17/h6-9H,3-5,10-13H2,1-2H3,(H,19,20). The molecule has 1 N–H and O–H groups in total. The second-order valence-electron chi connectivity index (χ2n) is 6.17. The third-order valence-electron chi connectivity index (χ3n) is 4.45. The van der Waals surface area contributed by atoms with E-state index in [9.17, 15) is 9.90 Å². The highest BCUT2D eigenvalue weighted by Crippen LogP contribution is 2.37. The third-order valence-corrected chi connectivity index (χ3v) is 4.45. The fourth-order valence-electron chi connectivity index (χ4n) is 3.28. The van der Waals surface area contributed by atoms with Crippen LogP contribution in [0.2, 0.25) is 0 Å². The quantitative estimate of drug-likeness (QED) is 0.874. The Bertz CT molecular complexity index is 463. The van der Waals surface area contributed by atoms with Crippen molar-refractivity contribution in [3.05, 3.63) is 29.8 Å². The first-order valence-electron chi connectivity index (χ1n) is 7.61. The number of nitrogens with zero attached hydrogens (tertiary/aromatic N) is 1. The highest BCUT2D eigenvalue weighted by molar-refractivity contribution is 5.75. The van der Waals surface area contributed by atoms with E-state index < -0.39 is 11.4 Å². The van der Waals surface area contributed by atoms with Gasteiger partial charge in [0, 0.05) is 13.1 Å². The molecule has 0 amide bonds. The molecule has 0 saturated heterocycles. The predicted molar refractivity (Wildman–Crippen MR) is 82.5 cm³/mol. The normalized spacial score (nSPS) is 17.7. The van der Waals surface area contributed by atoms with E-state index in [0.717, 1.165) is 44.4 Å². The number of carbonyl (C=O) groups is 1. The SMILES string of the molecule is COc1ccc(CN(C)CC2(C(=O)O)CCCCC2)cc1. The van der Waals surface area contributed by atoms with Crippen molar-refractivity contribution in [2.45, 2.75) is 38.6 Å². The van der Waals surface area contributed by atoms with Gasteiger partial charge in [-0.3, -0.25) is 4.79 Å². The zero-order chi connectivity index (χ0) is 15.3. The first kappa shape index (κ1) is 15.8. The number of ether oxygens (including phenoxy) is 1. The van der Waals surface area contributed by atoms with E-state index in [1.54, 1.807) is 7.11 Å². The van der Waals surface area contributed by atoms with Gasteiger partial charge in [-0.25, -0.2) is 0 Å². The second kappa shape index (κ2) is 6.94. The predicted octanol–water partition coefficient (Wildman–Crippen LogP) is 3.16. The Labute approximate surface area is 126 Å². The maximum atomic E-state index is 11.7. The second-order valence-corrected chi connectivity index (χ2v) is 6.17. The van der Waals surface area contributed by atoms with Crippen LogP contribution in [0.3, 0.4) is 0 Å². The summed E-state index contributed by atoms with van der Waals surface area (Å²) >= 11 is 0. The van der Waals surface area contributed by atoms with Gasteiger partial charge in [-0.2, -0.15) is 0 Å². The van der Waals surface area contributed by atoms with Gasteiger partial charge in [-0.1, -0.05) is 31.4 Å². The van der Waals surface area contributed by atoms with Gasteiger partial charge in [0.05, 0.1) is 12.5 Å². The van der Waals surface area contributed by atoms with E-state index in [1.807, 2.05) is 31.3 Å². The first-order chi connectivity index (χ1) is 10.1. The van der Waals surface area contributed by atoms with Crippen LogP contribution < -0.4 is 4.74 Å². The lowest BCUT2D eigenvalue weighted by Crippen LogP contribution is -2.43. The lowest BCUT2D eigenvalue weighted by molar-refractivity contribution is -0.152. The molecule has 1 aromatic rings. The van der Waals surface area contributed by atoms with E-state index >= 15 is 0 Å². The minimum Gasteiger partial charge on any atom is -0.497 e. The summed E-state index contributed by atoms with van der Waals surface area (Å²) < 4.78 is 5.15. The molecule has 21 heavy (non-hydrogen) atoms. The minimum atomic E-state index is -0.635. The van der Waals surface area contributed by atoms with Crippen molar-refractivity contribution in [3.8, 4) is 5.75 Å². The molecule has 0 spiro atoms. The molecule has 0 radical (unpaired) electrons. The first-order valence-corrected chi connectivity index (χ1v) is 7.61. The summed E-state index contributed by atoms with van der Waals surface area (Å²) in [5.41, 5.74) is 0.620. The number of hydrogen-bond acceptors (Lipinski definition) is 3. The Morgan fingerprint density at radius 3 is 2.38 bits per heavy atom. The highest BCUT2D eigenvalue weighted by atomic mass is 16.5. The van der Waals surface area contributed by atoms with Crippen molar-refractivity contribution in [3.63, 3.8) is 0 Å². The van der Waals surface area contributed by atoms with Crippen molar-refractivity contribution in [1.29, 1.82) is 0 Å². The molecule has 1 aliphatic rings. The van der Waals surface area contributed by atoms with Crippen molar-refractivity contribution in [2.24, 2.45) is 5.41 Å². The maximum Gasteiger partial charge on any atom is 0.310 e. The summed E-state index contributed by atoms with van der Waals surface area (Å²) in [5, 5.41) is 9.63. The van der Waals surface area contributed by atoms with Gasteiger partial charge in [0.1, 0.15) is 5.75 Å². The minimum absolute atomic E-state index is 0.556. The van der Waals surface area contributed by atoms with Gasteiger partial charge >= 0.3 is 5.97 Å². The fraction of sp³-hybridized carbons (Fsp3) is 0.588. The molecule has 0 heterocycles. The Morgan fingerprint density at radius 1 is 1.24 bits per heavy atom. The van der Waals surface area contributed by atoms with Crippen LogP contribution in [0.1, 0.15) is 37.7 Å². The Morgan fingerprint density at radius 2 is 1.86 bits per heavy atom. The molecule has 4 heteroatoms. The summed E-state index contributed by atoms with van der Waals surface area (Å²) in [5.74, 6) is 0.208. The smallest absolute Gasteiger partial charge is 0.310 e. The van der Waals surface area contributed by atoms with Gasteiger partial charge in [0.2, 0.25) is 0 Å². The van der Waals surface area contributed by atoms with Gasteiger partial charge in [0.25, 0.3) is 0 Å². The van der Waals surface area contributed by atoms with E-state index in [-0.39, 0.29) is 0 Å². The molecule has 0 unspecified atom stereocenters. The Hall–Kier alpha value is -1.55. The van der Waals surface area contributed by atoms with Crippen LogP contribution >= 0.6 is 0 Å². The van der Waals surface area contributed by atoms with Crippen molar-refractivity contribution in [1.82, 2.24) is 4.90 Å². The number of aliphatic carboxylic acids is 1. The Balaban J connectivity index is 1.98. The molecule has 0 aliphatic heterocycles. The summed E-state index contributed by atoms with van der Waals surface area (Å²) in [6.45, 7) is 1.38. The highest BCUT2D eigenvalue weighted by Gasteiger charge is 2.40. The van der Waals surface area contributed by atoms with Crippen molar-refractivity contribution in [2.75, 3.05) is 20.7 Å². The van der Waals surface area contributed by atoms with Crippen LogP contribution in [0.4, 0.5) is 0 Å². The molecule has 2 rings (SSSR count). The molecule has 0 atom stereocenters. The van der Waals surface area contributed by atoms with Crippen LogP contribution in [0.15, 0.2) is 24.3 Å². The molecule has 116 valence electrons. The summed E-state index contributed by atoms with van der Waals surface area (Å²) in [7, 11) is 3.66. The molecule has 1 aliphatic carbocycles. The van der Waals surface area contributed by atoms with Crippen molar-refractivity contribution < 1.29 is 14.6 Å². The zero-order valence-electron chi connectivity index (χ0n) is 13.0.